The molecule has 2 aromatic heterocycles. The summed E-state index contributed by atoms with van der Waals surface area (Å²) >= 11 is 3.67. The van der Waals surface area contributed by atoms with Crippen molar-refractivity contribution in [2.75, 3.05) is 0 Å². The van der Waals surface area contributed by atoms with Crippen molar-refractivity contribution >= 4 is 80.0 Å². The van der Waals surface area contributed by atoms with Crippen LogP contribution in [-0.4, -0.2) is 5.71 Å². The summed E-state index contributed by atoms with van der Waals surface area (Å²) in [6, 6.07) is 30.3. The van der Waals surface area contributed by atoms with Gasteiger partial charge in [-0.05, 0) is 49.3 Å². The molecule has 0 saturated carbocycles. The van der Waals surface area contributed by atoms with Crippen molar-refractivity contribution in [2.45, 2.75) is 13.8 Å². The van der Waals surface area contributed by atoms with Crippen LogP contribution in [0.3, 0.4) is 0 Å². The Labute approximate surface area is 207 Å². The van der Waals surface area contributed by atoms with Gasteiger partial charge in [0.1, 0.15) is 0 Å². The predicted octanol–water partition coefficient (Wildman–Crippen LogP) is 9.96. The standard InChI is InChI=1S/C31H23NS2/c1-19(2)32-26(24-14-8-13-23-22-10-4-6-15-27(22)34-31(23)24)18-20(3)21-12-9-17-29-30(21)25-11-5-7-16-28(25)33-29/h4-18H,3H2,1-2H3/b26-18-. The molecule has 0 N–H and O–H groups in total. The van der Waals surface area contributed by atoms with Crippen LogP contribution in [0.1, 0.15) is 25.0 Å². The molecule has 0 aliphatic rings. The van der Waals surface area contributed by atoms with E-state index in [1.807, 2.05) is 22.7 Å². The Balaban J connectivity index is 1.57. The lowest BCUT2D eigenvalue weighted by Crippen LogP contribution is -1.89. The number of allylic oxidation sites excluding steroid dienone is 2. The summed E-state index contributed by atoms with van der Waals surface area (Å²) in [5.41, 5.74) is 5.28. The molecule has 0 unspecified atom stereocenters. The van der Waals surface area contributed by atoms with Crippen LogP contribution in [-0.2, 0) is 0 Å². The number of hydrogen-bond acceptors (Lipinski definition) is 3. The third-order valence-corrected chi connectivity index (χ3v) is 8.44. The van der Waals surface area contributed by atoms with Crippen molar-refractivity contribution in [3.05, 3.63) is 109 Å². The van der Waals surface area contributed by atoms with E-state index in [4.69, 9.17) is 4.99 Å². The number of benzene rings is 4. The highest BCUT2D eigenvalue weighted by molar-refractivity contribution is 7.26. The van der Waals surface area contributed by atoms with Crippen LogP contribution in [0, 0.1) is 0 Å². The van der Waals surface area contributed by atoms with Gasteiger partial charge in [0, 0.05) is 51.6 Å². The lowest BCUT2D eigenvalue weighted by Gasteiger charge is -2.09. The fourth-order valence-electron chi connectivity index (χ4n) is 4.65. The molecule has 0 amide bonds. The first-order valence-electron chi connectivity index (χ1n) is 11.3. The van der Waals surface area contributed by atoms with Crippen LogP contribution in [0.5, 0.6) is 0 Å². The topological polar surface area (TPSA) is 12.4 Å². The first-order chi connectivity index (χ1) is 16.6. The van der Waals surface area contributed by atoms with Crippen molar-refractivity contribution in [1.29, 1.82) is 0 Å². The molecular weight excluding hydrogens is 450 g/mol. The molecular formula is C31H23NS2. The molecule has 4 aromatic carbocycles. The second-order valence-electron chi connectivity index (χ2n) is 8.67. The minimum absolute atomic E-state index is 0.957. The van der Waals surface area contributed by atoms with Crippen LogP contribution < -0.4 is 0 Å². The molecule has 0 aliphatic heterocycles. The fraction of sp³-hybridized carbons (Fsp3) is 0.0645. The van der Waals surface area contributed by atoms with E-state index in [1.54, 1.807) is 0 Å². The Morgan fingerprint density at radius 3 is 2.09 bits per heavy atom. The first-order valence-corrected chi connectivity index (χ1v) is 13.0. The van der Waals surface area contributed by atoms with Gasteiger partial charge < -0.3 is 0 Å². The second kappa shape index (κ2) is 8.35. The molecule has 6 aromatic rings. The molecule has 0 saturated heterocycles. The zero-order valence-electron chi connectivity index (χ0n) is 19.1. The number of fused-ring (bicyclic) bond motifs is 6. The SMILES string of the molecule is C=C(/C=C(\N=C(C)C)c1cccc2c1sc1ccccc12)c1cccc2sc3ccccc3c12. The summed E-state index contributed by atoms with van der Waals surface area (Å²) in [6.45, 7) is 8.62. The van der Waals surface area contributed by atoms with Gasteiger partial charge in [-0.2, -0.15) is 0 Å². The van der Waals surface area contributed by atoms with E-state index >= 15 is 0 Å². The van der Waals surface area contributed by atoms with Crippen molar-refractivity contribution in [3.63, 3.8) is 0 Å². The summed E-state index contributed by atoms with van der Waals surface area (Å²) in [4.78, 5) is 4.99. The van der Waals surface area contributed by atoms with Crippen molar-refractivity contribution in [3.8, 4) is 0 Å². The number of thiophene rings is 2. The van der Waals surface area contributed by atoms with Crippen LogP contribution in [0.2, 0.25) is 0 Å². The third-order valence-electron chi connectivity index (χ3n) is 6.08. The molecule has 0 fully saturated rings. The smallest absolute Gasteiger partial charge is 0.0721 e. The Morgan fingerprint density at radius 2 is 1.29 bits per heavy atom. The Hall–Kier alpha value is -3.53. The molecule has 3 heteroatoms. The molecule has 1 nitrogen and oxygen atoms in total. The molecule has 0 radical (unpaired) electrons. The van der Waals surface area contributed by atoms with E-state index in [9.17, 15) is 0 Å². The van der Waals surface area contributed by atoms with Gasteiger partial charge in [0.15, 0.2) is 0 Å². The molecule has 164 valence electrons. The van der Waals surface area contributed by atoms with Crippen LogP contribution in [0.25, 0.3) is 51.6 Å². The number of rotatable bonds is 4. The predicted molar refractivity (Wildman–Crippen MR) is 154 cm³/mol. The largest absolute Gasteiger partial charge is 0.258 e. The van der Waals surface area contributed by atoms with Gasteiger partial charge in [0.2, 0.25) is 0 Å². The van der Waals surface area contributed by atoms with Gasteiger partial charge in [0.25, 0.3) is 0 Å². The minimum Gasteiger partial charge on any atom is -0.258 e. The maximum Gasteiger partial charge on any atom is 0.0721 e. The highest BCUT2D eigenvalue weighted by Gasteiger charge is 2.14. The molecule has 0 spiro atoms. The van der Waals surface area contributed by atoms with Crippen LogP contribution in [0.15, 0.2) is 103 Å². The molecule has 0 bridgehead atoms. The summed E-state index contributed by atoms with van der Waals surface area (Å²) < 4.78 is 5.16. The van der Waals surface area contributed by atoms with Crippen molar-refractivity contribution < 1.29 is 0 Å². The number of hydrogen-bond donors (Lipinski definition) is 0. The summed E-state index contributed by atoms with van der Waals surface area (Å²) in [5.74, 6) is 0. The van der Waals surface area contributed by atoms with E-state index in [-0.39, 0.29) is 0 Å². The lowest BCUT2D eigenvalue weighted by molar-refractivity contribution is 1.50. The highest BCUT2D eigenvalue weighted by atomic mass is 32.1. The Kier molecular flexibility index (Phi) is 5.17. The van der Waals surface area contributed by atoms with Gasteiger partial charge in [-0.3, -0.25) is 4.99 Å². The normalized spacial score (nSPS) is 12.1. The highest BCUT2D eigenvalue weighted by Crippen LogP contribution is 2.41. The number of aliphatic imine (C=N–C) groups is 1. The monoisotopic (exact) mass is 473 g/mol. The van der Waals surface area contributed by atoms with Crippen LogP contribution in [0.4, 0.5) is 0 Å². The lowest BCUT2D eigenvalue weighted by atomic mass is 9.98. The maximum absolute atomic E-state index is 4.99. The zero-order valence-corrected chi connectivity index (χ0v) is 20.8. The molecule has 2 heterocycles. The molecule has 0 atom stereocenters. The van der Waals surface area contributed by atoms with E-state index in [0.29, 0.717) is 0 Å². The van der Waals surface area contributed by atoms with Crippen LogP contribution >= 0.6 is 22.7 Å². The van der Waals surface area contributed by atoms with Gasteiger partial charge in [0.05, 0.1) is 5.70 Å². The van der Waals surface area contributed by atoms with E-state index in [2.05, 4.69) is 111 Å². The molecule has 0 aliphatic carbocycles. The molecule has 6 rings (SSSR count). The minimum atomic E-state index is 0.957. The van der Waals surface area contributed by atoms with Gasteiger partial charge in [-0.15, -0.1) is 22.7 Å². The molecule has 34 heavy (non-hydrogen) atoms. The zero-order chi connectivity index (χ0) is 23.2. The quantitative estimate of drug-likeness (QED) is 0.178. The number of nitrogens with zero attached hydrogens (tertiary/aromatic N) is 1. The van der Waals surface area contributed by atoms with E-state index in [0.717, 1.165) is 22.5 Å². The third kappa shape index (κ3) is 3.49. The second-order valence-corrected chi connectivity index (χ2v) is 10.8. The average Bonchev–Trinajstić information content (AvgIpc) is 3.41. The van der Waals surface area contributed by atoms with Gasteiger partial charge >= 0.3 is 0 Å². The summed E-state index contributed by atoms with van der Waals surface area (Å²) in [6.07, 6.45) is 2.16. The van der Waals surface area contributed by atoms with Crippen molar-refractivity contribution in [2.24, 2.45) is 4.99 Å². The van der Waals surface area contributed by atoms with Gasteiger partial charge in [-0.25, -0.2) is 0 Å². The summed E-state index contributed by atoms with van der Waals surface area (Å²) in [7, 11) is 0. The summed E-state index contributed by atoms with van der Waals surface area (Å²) in [5, 5.41) is 5.15. The Morgan fingerprint density at radius 1 is 0.676 bits per heavy atom. The van der Waals surface area contributed by atoms with E-state index < -0.39 is 0 Å². The Bertz CT molecular complexity index is 1790. The average molecular weight is 474 g/mol. The van der Waals surface area contributed by atoms with Gasteiger partial charge in [-0.1, -0.05) is 73.3 Å². The maximum atomic E-state index is 4.99. The van der Waals surface area contributed by atoms with Crippen molar-refractivity contribution in [1.82, 2.24) is 0 Å². The fourth-order valence-corrected chi connectivity index (χ4v) is 7.00. The first kappa shape index (κ1) is 21.0. The van der Waals surface area contributed by atoms with E-state index in [1.165, 1.54) is 45.9 Å².